The fourth-order valence-corrected chi connectivity index (χ4v) is 4.55. The largest absolute Gasteiger partial charge is 0.370 e. The van der Waals surface area contributed by atoms with Gasteiger partial charge in [0, 0.05) is 61.7 Å². The summed E-state index contributed by atoms with van der Waals surface area (Å²) in [5, 5.41) is 11.5. The molecular weight excluding hydrogens is 526 g/mol. The van der Waals surface area contributed by atoms with Gasteiger partial charge in [0.15, 0.2) is 5.96 Å². The molecular formula is C28H31N9O4. The van der Waals surface area contributed by atoms with Gasteiger partial charge in [-0.1, -0.05) is 18.2 Å². The number of rotatable bonds is 12. The van der Waals surface area contributed by atoms with Gasteiger partial charge in [-0.3, -0.25) is 29.7 Å². The molecule has 0 radical (unpaired) electrons. The van der Waals surface area contributed by atoms with Gasteiger partial charge >= 0.3 is 0 Å². The second-order valence-corrected chi connectivity index (χ2v) is 9.48. The summed E-state index contributed by atoms with van der Waals surface area (Å²) in [6.07, 6.45) is 3.03. The van der Waals surface area contributed by atoms with Crippen LogP contribution in [-0.4, -0.2) is 62.3 Å². The molecule has 2 heterocycles. The van der Waals surface area contributed by atoms with Crippen LogP contribution < -0.4 is 17.2 Å². The Morgan fingerprint density at radius 1 is 1.10 bits per heavy atom. The molecule has 41 heavy (non-hydrogen) atoms. The fourth-order valence-electron chi connectivity index (χ4n) is 4.55. The van der Waals surface area contributed by atoms with Gasteiger partial charge in [-0.2, -0.15) is 0 Å². The van der Waals surface area contributed by atoms with E-state index in [-0.39, 0.29) is 30.5 Å². The molecule has 0 saturated heterocycles. The number of hydrogen-bond acceptors (Lipinski definition) is 7. The van der Waals surface area contributed by atoms with E-state index in [2.05, 4.69) is 9.98 Å². The van der Waals surface area contributed by atoms with Gasteiger partial charge in [0.25, 0.3) is 11.6 Å². The minimum atomic E-state index is -0.856. The van der Waals surface area contributed by atoms with Crippen molar-refractivity contribution < 1.29 is 14.5 Å². The number of aromatic nitrogens is 3. The summed E-state index contributed by atoms with van der Waals surface area (Å²) in [5.41, 5.74) is 19.2. The molecule has 13 nitrogen and oxygen atoms in total. The Labute approximate surface area is 235 Å². The maximum Gasteiger partial charge on any atom is 0.270 e. The third-order valence-corrected chi connectivity index (χ3v) is 6.60. The Hall–Kier alpha value is -5.33. The number of fused-ring (bicyclic) bond motifs is 1. The molecule has 1 atom stereocenters. The molecule has 6 N–H and O–H groups in total. The number of nitro benzene ring substituents is 1. The van der Waals surface area contributed by atoms with Gasteiger partial charge in [-0.25, -0.2) is 4.98 Å². The summed E-state index contributed by atoms with van der Waals surface area (Å²) >= 11 is 0. The van der Waals surface area contributed by atoms with Crippen LogP contribution in [0.2, 0.25) is 0 Å². The second kappa shape index (κ2) is 12.7. The summed E-state index contributed by atoms with van der Waals surface area (Å²) in [4.78, 5) is 51.5. The van der Waals surface area contributed by atoms with Crippen LogP contribution in [0.4, 0.5) is 5.69 Å². The monoisotopic (exact) mass is 557 g/mol. The molecule has 0 aliphatic carbocycles. The van der Waals surface area contributed by atoms with E-state index >= 15 is 0 Å². The van der Waals surface area contributed by atoms with Gasteiger partial charge in [0.1, 0.15) is 11.9 Å². The van der Waals surface area contributed by atoms with Crippen LogP contribution in [0, 0.1) is 10.1 Å². The summed E-state index contributed by atoms with van der Waals surface area (Å²) in [6.45, 7) is 0.745. The van der Waals surface area contributed by atoms with Crippen LogP contribution in [0.25, 0.3) is 22.4 Å². The number of amides is 2. The number of non-ortho nitro benzene ring substituents is 1. The van der Waals surface area contributed by atoms with E-state index in [1.807, 2.05) is 18.2 Å². The Balaban J connectivity index is 1.73. The summed E-state index contributed by atoms with van der Waals surface area (Å²) in [5.74, 6) is -0.580. The van der Waals surface area contributed by atoms with Crippen molar-refractivity contribution in [1.82, 2.24) is 19.4 Å². The van der Waals surface area contributed by atoms with Crippen molar-refractivity contribution in [3.05, 3.63) is 88.2 Å². The van der Waals surface area contributed by atoms with E-state index in [1.165, 1.54) is 12.1 Å². The van der Waals surface area contributed by atoms with Crippen LogP contribution in [-0.2, 0) is 11.2 Å². The first kappa shape index (κ1) is 28.7. The number of nitrogens with zero attached hydrogens (tertiary/aromatic N) is 6. The number of aliphatic imine (C=N–C) groups is 1. The van der Waals surface area contributed by atoms with Crippen molar-refractivity contribution in [3.63, 3.8) is 0 Å². The zero-order valence-corrected chi connectivity index (χ0v) is 22.5. The second-order valence-electron chi connectivity index (χ2n) is 9.48. The summed E-state index contributed by atoms with van der Waals surface area (Å²) in [7, 11) is 1.71. The van der Waals surface area contributed by atoms with Crippen molar-refractivity contribution >= 4 is 34.5 Å². The van der Waals surface area contributed by atoms with Crippen molar-refractivity contribution in [2.24, 2.45) is 22.2 Å². The van der Waals surface area contributed by atoms with Crippen LogP contribution in [0.3, 0.4) is 0 Å². The van der Waals surface area contributed by atoms with E-state index in [0.29, 0.717) is 47.4 Å². The van der Waals surface area contributed by atoms with E-state index in [9.17, 15) is 19.7 Å². The number of imidazole rings is 1. The van der Waals surface area contributed by atoms with Gasteiger partial charge in [0.2, 0.25) is 5.91 Å². The molecule has 0 aliphatic heterocycles. The quantitative estimate of drug-likeness (QED) is 0.0774. The maximum atomic E-state index is 13.3. The van der Waals surface area contributed by atoms with Gasteiger partial charge < -0.3 is 26.7 Å². The minimum Gasteiger partial charge on any atom is -0.370 e. The van der Waals surface area contributed by atoms with Crippen molar-refractivity contribution in [2.75, 3.05) is 20.1 Å². The third-order valence-electron chi connectivity index (χ3n) is 6.60. The smallest absolute Gasteiger partial charge is 0.270 e. The van der Waals surface area contributed by atoms with Crippen molar-refractivity contribution in [1.29, 1.82) is 0 Å². The van der Waals surface area contributed by atoms with E-state index < -0.39 is 16.9 Å². The number of nitro groups is 1. The SMILES string of the molecule is CN(CCc1ccccn1)C(=O)c1ccc2c(c1)nc(-c1cccc([N+](=O)[O-])c1)n2C(CCCN=C(N)N)C(N)=O. The number of carbonyl (C=O) groups is 2. The molecule has 0 aliphatic rings. The summed E-state index contributed by atoms with van der Waals surface area (Å²) < 4.78 is 1.66. The molecule has 0 spiro atoms. The lowest BCUT2D eigenvalue weighted by Gasteiger charge is -2.19. The average Bonchev–Trinajstić information content (AvgIpc) is 3.34. The summed E-state index contributed by atoms with van der Waals surface area (Å²) in [6, 6.07) is 15.7. The molecule has 0 bridgehead atoms. The van der Waals surface area contributed by atoms with Crippen LogP contribution in [0.1, 0.15) is 34.9 Å². The normalized spacial score (nSPS) is 11.6. The number of benzene rings is 2. The zero-order chi connectivity index (χ0) is 29.5. The van der Waals surface area contributed by atoms with E-state index in [4.69, 9.17) is 22.2 Å². The van der Waals surface area contributed by atoms with Gasteiger partial charge in [0.05, 0.1) is 16.0 Å². The molecule has 4 aromatic rings. The molecule has 2 aromatic carbocycles. The first-order valence-corrected chi connectivity index (χ1v) is 12.9. The van der Waals surface area contributed by atoms with Crippen LogP contribution in [0.5, 0.6) is 0 Å². The highest BCUT2D eigenvalue weighted by Gasteiger charge is 2.26. The first-order chi connectivity index (χ1) is 19.7. The average molecular weight is 558 g/mol. The highest BCUT2D eigenvalue weighted by atomic mass is 16.6. The van der Waals surface area contributed by atoms with E-state index in [1.54, 1.807) is 53.0 Å². The topological polar surface area (TPSA) is 202 Å². The number of nitrogens with two attached hydrogens (primary N) is 3. The molecule has 4 rings (SSSR count). The molecule has 1 unspecified atom stereocenters. The zero-order valence-electron chi connectivity index (χ0n) is 22.5. The van der Waals surface area contributed by atoms with Crippen LogP contribution >= 0.6 is 0 Å². The maximum absolute atomic E-state index is 13.3. The Morgan fingerprint density at radius 3 is 2.59 bits per heavy atom. The number of primary amides is 1. The number of carbonyl (C=O) groups excluding carboxylic acids is 2. The highest BCUT2D eigenvalue weighted by Crippen LogP contribution is 2.32. The lowest BCUT2D eigenvalue weighted by Crippen LogP contribution is -2.29. The lowest BCUT2D eigenvalue weighted by atomic mass is 10.1. The molecule has 13 heteroatoms. The van der Waals surface area contributed by atoms with Crippen molar-refractivity contribution in [3.8, 4) is 11.4 Å². The number of pyridine rings is 1. The Bertz CT molecular complexity index is 1600. The third kappa shape index (κ3) is 6.82. The van der Waals surface area contributed by atoms with E-state index in [0.717, 1.165) is 5.69 Å². The lowest BCUT2D eigenvalue weighted by molar-refractivity contribution is -0.384. The number of hydrogen-bond donors (Lipinski definition) is 3. The predicted octanol–water partition coefficient (Wildman–Crippen LogP) is 2.40. The number of guanidine groups is 1. The molecule has 212 valence electrons. The van der Waals surface area contributed by atoms with Crippen LogP contribution in [0.15, 0.2) is 71.9 Å². The fraction of sp³-hybridized carbons (Fsp3) is 0.250. The first-order valence-electron chi connectivity index (χ1n) is 12.9. The highest BCUT2D eigenvalue weighted by molar-refractivity contribution is 5.98. The molecule has 0 saturated carbocycles. The van der Waals surface area contributed by atoms with Gasteiger partial charge in [-0.05, 0) is 43.2 Å². The van der Waals surface area contributed by atoms with Gasteiger partial charge in [-0.15, -0.1) is 0 Å². The minimum absolute atomic E-state index is 0.0619. The standard InChI is InChI=1S/C28H31N9O4/c1-35(15-12-20-7-2-3-13-32-20)27(39)19-10-11-23-22(17-19)34-26(18-6-4-8-21(16-18)37(40)41)36(23)24(25(29)38)9-5-14-33-28(30)31/h2-4,6-8,10-11,13,16-17,24H,5,9,12,14-15H2,1H3,(H2,29,38)(H4,30,31,33). The Morgan fingerprint density at radius 2 is 1.90 bits per heavy atom. The molecule has 0 fully saturated rings. The molecule has 2 amide bonds. The number of likely N-dealkylation sites (N-methyl/N-ethyl adjacent to an activating group) is 1. The Kier molecular flexibility index (Phi) is 8.87. The molecule has 2 aromatic heterocycles. The van der Waals surface area contributed by atoms with Crippen molar-refractivity contribution in [2.45, 2.75) is 25.3 Å². The predicted molar refractivity (Wildman–Crippen MR) is 155 cm³/mol.